The fourth-order valence-electron chi connectivity index (χ4n) is 3.18. The third-order valence-electron chi connectivity index (χ3n) is 4.35. The number of thiophene rings is 1. The first-order chi connectivity index (χ1) is 12.2. The molecule has 0 aliphatic carbocycles. The molecule has 10 heteroatoms. The Hall–Kier alpha value is -1.29. The predicted octanol–water partition coefficient (Wildman–Crippen LogP) is 5.20. The maximum absolute atomic E-state index is 13.5. The fourth-order valence-corrected chi connectivity index (χ4v) is 3.86. The van der Waals surface area contributed by atoms with E-state index in [1.165, 1.54) is 11.3 Å². The summed E-state index contributed by atoms with van der Waals surface area (Å²) in [6.45, 7) is 2.05. The van der Waals surface area contributed by atoms with Gasteiger partial charge in [-0.1, -0.05) is 0 Å². The van der Waals surface area contributed by atoms with E-state index in [0.717, 1.165) is 0 Å². The van der Waals surface area contributed by atoms with E-state index in [2.05, 4.69) is 5.32 Å². The molecule has 0 amide bonds. The smallest absolute Gasteiger partial charge is 0.314 e. The van der Waals surface area contributed by atoms with Gasteiger partial charge in [0.05, 0.1) is 17.2 Å². The first kappa shape index (κ1) is 22.0. The van der Waals surface area contributed by atoms with Crippen molar-refractivity contribution >= 4 is 23.7 Å². The lowest BCUT2D eigenvalue weighted by molar-refractivity contribution is -0.142. The lowest BCUT2D eigenvalue weighted by Gasteiger charge is -2.36. The topological polar surface area (TPSA) is 15.3 Å². The van der Waals surface area contributed by atoms with Crippen molar-refractivity contribution in [3.8, 4) is 0 Å². The van der Waals surface area contributed by atoms with Crippen LogP contribution >= 0.6 is 23.7 Å². The van der Waals surface area contributed by atoms with E-state index in [-0.39, 0.29) is 18.0 Å². The van der Waals surface area contributed by atoms with E-state index >= 15 is 0 Å². The molecule has 1 aromatic heterocycles. The summed E-state index contributed by atoms with van der Waals surface area (Å²) < 4.78 is 80.0. The van der Waals surface area contributed by atoms with Gasteiger partial charge in [0.15, 0.2) is 0 Å². The summed E-state index contributed by atoms with van der Waals surface area (Å²) in [4.78, 5) is 1.79. The Morgan fingerprint density at radius 3 is 2.15 bits per heavy atom. The molecule has 2 heterocycles. The van der Waals surface area contributed by atoms with E-state index in [9.17, 15) is 26.3 Å². The van der Waals surface area contributed by atoms with Gasteiger partial charge >= 0.3 is 12.4 Å². The molecule has 2 aromatic rings. The molecule has 0 bridgehead atoms. The Morgan fingerprint density at radius 1 is 0.963 bits per heavy atom. The Morgan fingerprint density at radius 2 is 1.63 bits per heavy atom. The zero-order chi connectivity index (χ0) is 18.9. The molecular formula is C17H17ClF6N2S. The van der Waals surface area contributed by atoms with Gasteiger partial charge in [0.2, 0.25) is 0 Å². The molecule has 27 heavy (non-hydrogen) atoms. The third kappa shape index (κ3) is 4.96. The Bertz CT molecular complexity index is 739. The van der Waals surface area contributed by atoms with Crippen LogP contribution < -0.4 is 5.32 Å². The standard InChI is InChI=1S/C17H16F6N2S.ClH/c18-16(19,20)12-1-2-14(17(21,22)23)13(9-12)15(11-3-8-26-10-11)25-6-4-24-5-7-25;/h1-3,8-10,15,24H,4-7H2;1H/t15-;/m1./s1. The minimum Gasteiger partial charge on any atom is -0.314 e. The Kier molecular flexibility index (Phi) is 6.83. The second kappa shape index (κ2) is 8.38. The Balaban J connectivity index is 0.00000261. The second-order valence-electron chi connectivity index (χ2n) is 6.04. The molecule has 1 aliphatic heterocycles. The minimum atomic E-state index is -4.73. The van der Waals surface area contributed by atoms with Gasteiger partial charge in [0.1, 0.15) is 0 Å². The van der Waals surface area contributed by atoms with E-state index in [4.69, 9.17) is 0 Å². The Labute approximate surface area is 162 Å². The van der Waals surface area contributed by atoms with Gasteiger partial charge in [0, 0.05) is 26.2 Å². The van der Waals surface area contributed by atoms with Crippen molar-refractivity contribution in [2.75, 3.05) is 26.2 Å². The van der Waals surface area contributed by atoms with E-state index in [1.807, 2.05) is 0 Å². The first-order valence-corrected chi connectivity index (χ1v) is 8.87. The molecule has 0 saturated carbocycles. The molecule has 1 atom stereocenters. The minimum absolute atomic E-state index is 0. The van der Waals surface area contributed by atoms with Crippen molar-refractivity contribution in [3.63, 3.8) is 0 Å². The highest BCUT2D eigenvalue weighted by Gasteiger charge is 2.40. The van der Waals surface area contributed by atoms with Crippen molar-refractivity contribution in [1.29, 1.82) is 0 Å². The van der Waals surface area contributed by atoms with Crippen LogP contribution in [-0.4, -0.2) is 31.1 Å². The number of hydrogen-bond donors (Lipinski definition) is 1. The molecule has 150 valence electrons. The van der Waals surface area contributed by atoms with Crippen LogP contribution in [0.4, 0.5) is 26.3 Å². The highest BCUT2D eigenvalue weighted by Crippen LogP contribution is 2.42. The SMILES string of the molecule is Cl.FC(F)(F)c1ccc(C(F)(F)F)c([C@@H](c2ccsc2)N2CCNCC2)c1. The number of nitrogens with zero attached hydrogens (tertiary/aromatic N) is 1. The molecule has 0 unspecified atom stereocenters. The van der Waals surface area contributed by atoms with E-state index < -0.39 is 29.5 Å². The van der Waals surface area contributed by atoms with Crippen LogP contribution in [0.25, 0.3) is 0 Å². The summed E-state index contributed by atoms with van der Waals surface area (Å²) in [5.74, 6) is 0. The second-order valence-corrected chi connectivity index (χ2v) is 6.82. The van der Waals surface area contributed by atoms with Crippen molar-refractivity contribution in [1.82, 2.24) is 10.2 Å². The van der Waals surface area contributed by atoms with Crippen LogP contribution in [0, 0.1) is 0 Å². The van der Waals surface area contributed by atoms with Crippen LogP contribution in [0.1, 0.15) is 28.3 Å². The van der Waals surface area contributed by atoms with Gasteiger partial charge in [0.25, 0.3) is 0 Å². The summed E-state index contributed by atoms with van der Waals surface area (Å²) >= 11 is 1.30. The number of rotatable bonds is 3. The van der Waals surface area contributed by atoms with E-state index in [1.54, 1.807) is 21.7 Å². The summed E-state index contributed by atoms with van der Waals surface area (Å²) in [7, 11) is 0. The van der Waals surface area contributed by atoms with Crippen LogP contribution in [0.5, 0.6) is 0 Å². The lowest BCUT2D eigenvalue weighted by atomic mass is 9.92. The molecule has 2 nitrogen and oxygen atoms in total. The first-order valence-electron chi connectivity index (χ1n) is 7.93. The maximum Gasteiger partial charge on any atom is 0.416 e. The summed E-state index contributed by atoms with van der Waals surface area (Å²) in [6.07, 6.45) is -9.44. The van der Waals surface area contributed by atoms with Gasteiger partial charge in [-0.05, 0) is 46.2 Å². The zero-order valence-corrected chi connectivity index (χ0v) is 15.5. The van der Waals surface area contributed by atoms with Crippen LogP contribution in [-0.2, 0) is 12.4 Å². The molecule has 1 N–H and O–H groups in total. The summed E-state index contributed by atoms with van der Waals surface area (Å²) in [6, 6.07) is 2.47. The van der Waals surface area contributed by atoms with Gasteiger partial charge in [-0.2, -0.15) is 37.7 Å². The zero-order valence-electron chi connectivity index (χ0n) is 13.9. The largest absolute Gasteiger partial charge is 0.416 e. The fraction of sp³-hybridized carbons (Fsp3) is 0.412. The molecule has 3 rings (SSSR count). The lowest BCUT2D eigenvalue weighted by Crippen LogP contribution is -2.45. The van der Waals surface area contributed by atoms with Crippen molar-refractivity contribution in [3.05, 3.63) is 57.3 Å². The molecule has 1 fully saturated rings. The molecule has 1 aromatic carbocycles. The average Bonchev–Trinajstić information content (AvgIpc) is 3.08. The molecule has 0 radical (unpaired) electrons. The van der Waals surface area contributed by atoms with Gasteiger partial charge < -0.3 is 5.32 Å². The highest BCUT2D eigenvalue weighted by molar-refractivity contribution is 7.08. The number of halogens is 7. The van der Waals surface area contributed by atoms with Crippen molar-refractivity contribution in [2.45, 2.75) is 18.4 Å². The van der Waals surface area contributed by atoms with Crippen LogP contribution in [0.3, 0.4) is 0 Å². The number of piperazine rings is 1. The van der Waals surface area contributed by atoms with Gasteiger partial charge in [-0.15, -0.1) is 12.4 Å². The van der Waals surface area contributed by atoms with Crippen LogP contribution in [0.15, 0.2) is 35.0 Å². The number of alkyl halides is 6. The highest BCUT2D eigenvalue weighted by atomic mass is 35.5. The van der Waals surface area contributed by atoms with Gasteiger partial charge in [-0.3, -0.25) is 4.90 Å². The number of nitrogens with one attached hydrogen (secondary N) is 1. The molecule has 1 aliphatic rings. The van der Waals surface area contributed by atoms with E-state index in [0.29, 0.717) is 49.9 Å². The quantitative estimate of drug-likeness (QED) is 0.673. The monoisotopic (exact) mass is 430 g/mol. The molecular weight excluding hydrogens is 414 g/mol. The number of benzene rings is 1. The van der Waals surface area contributed by atoms with Crippen molar-refractivity contribution in [2.24, 2.45) is 0 Å². The van der Waals surface area contributed by atoms with Crippen molar-refractivity contribution < 1.29 is 26.3 Å². The summed E-state index contributed by atoms with van der Waals surface area (Å²) in [5, 5.41) is 6.51. The maximum atomic E-state index is 13.5. The molecule has 0 spiro atoms. The normalized spacial score (nSPS) is 17.4. The predicted molar refractivity (Wildman–Crippen MR) is 94.3 cm³/mol. The van der Waals surface area contributed by atoms with Crippen LogP contribution in [0.2, 0.25) is 0 Å². The average molecular weight is 431 g/mol. The third-order valence-corrected chi connectivity index (χ3v) is 5.06. The van der Waals surface area contributed by atoms with Gasteiger partial charge in [-0.25, -0.2) is 0 Å². The molecule has 1 saturated heterocycles. The summed E-state index contributed by atoms with van der Waals surface area (Å²) in [5.41, 5.74) is -1.88. The number of hydrogen-bond acceptors (Lipinski definition) is 3.